The first-order valence-corrected chi connectivity index (χ1v) is 10.1. The van der Waals surface area contributed by atoms with Gasteiger partial charge in [0.15, 0.2) is 0 Å². The van der Waals surface area contributed by atoms with Crippen molar-refractivity contribution in [1.82, 2.24) is 24.0 Å². The smallest absolute Gasteiger partial charge is 0.328 e. The number of aromatic nitrogens is 4. The first-order valence-electron chi connectivity index (χ1n) is 10.1. The summed E-state index contributed by atoms with van der Waals surface area (Å²) in [6.45, 7) is 2.16. The number of rotatable bonds is 2. The minimum absolute atomic E-state index is 0.00860. The van der Waals surface area contributed by atoms with E-state index in [4.69, 9.17) is 0 Å². The number of fused-ring (bicyclic) bond motifs is 2. The van der Waals surface area contributed by atoms with Gasteiger partial charge in [0.05, 0.1) is 5.69 Å². The van der Waals surface area contributed by atoms with Crippen molar-refractivity contribution in [2.24, 2.45) is 7.05 Å². The molecule has 1 fully saturated rings. The van der Waals surface area contributed by atoms with Crippen LogP contribution in [0.15, 0.2) is 29.3 Å². The van der Waals surface area contributed by atoms with Crippen LogP contribution < -0.4 is 5.69 Å². The Labute approximate surface area is 163 Å². The predicted molar refractivity (Wildman–Crippen MR) is 107 cm³/mol. The molecule has 7 heteroatoms. The topological polar surface area (TPSA) is 75.9 Å². The molecule has 1 amide bonds. The molecule has 28 heavy (non-hydrogen) atoms. The first-order chi connectivity index (χ1) is 13.6. The number of hydrogen-bond donors (Lipinski definition) is 1. The fraction of sp³-hybridized carbons (Fsp3) is 0.476. The van der Waals surface area contributed by atoms with Gasteiger partial charge in [0, 0.05) is 44.5 Å². The van der Waals surface area contributed by atoms with Crippen molar-refractivity contribution in [3.63, 3.8) is 0 Å². The molecule has 0 atom stereocenters. The minimum atomic E-state index is -0.0563. The highest BCUT2D eigenvalue weighted by Crippen LogP contribution is 2.33. The molecule has 0 aliphatic carbocycles. The number of hydrogen-bond acceptors (Lipinski definition) is 3. The second-order valence-electron chi connectivity index (χ2n) is 7.96. The molecule has 0 saturated carbocycles. The summed E-state index contributed by atoms with van der Waals surface area (Å²) in [5.41, 5.74) is 3.68. The summed E-state index contributed by atoms with van der Waals surface area (Å²) in [5, 5.41) is 1.18. The number of H-pyrrole nitrogens is 1. The van der Waals surface area contributed by atoms with Crippen LogP contribution in [0, 0.1) is 0 Å². The monoisotopic (exact) mass is 379 g/mol. The number of carbonyl (C=O) groups excluding carboxylic acids is 1. The fourth-order valence-corrected chi connectivity index (χ4v) is 4.89. The number of carbonyl (C=O) groups is 1. The number of pyridine rings is 1. The van der Waals surface area contributed by atoms with Crippen LogP contribution in [-0.2, 0) is 20.0 Å². The second kappa shape index (κ2) is 6.65. The van der Waals surface area contributed by atoms with E-state index in [1.54, 1.807) is 22.4 Å². The summed E-state index contributed by atoms with van der Waals surface area (Å²) < 4.78 is 3.35. The number of imidazole rings is 1. The highest BCUT2D eigenvalue weighted by atomic mass is 16.2. The van der Waals surface area contributed by atoms with Crippen molar-refractivity contribution in [3.8, 4) is 0 Å². The Morgan fingerprint density at radius 3 is 2.86 bits per heavy atom. The third kappa shape index (κ3) is 2.60. The highest BCUT2D eigenvalue weighted by molar-refractivity contribution is 5.94. The van der Waals surface area contributed by atoms with Crippen molar-refractivity contribution in [3.05, 3.63) is 52.0 Å². The van der Waals surface area contributed by atoms with E-state index < -0.39 is 0 Å². The molecule has 5 rings (SSSR count). The van der Waals surface area contributed by atoms with E-state index in [0.29, 0.717) is 11.6 Å². The Hall–Kier alpha value is -2.83. The molecule has 0 spiro atoms. The van der Waals surface area contributed by atoms with Gasteiger partial charge in [-0.05, 0) is 55.7 Å². The van der Waals surface area contributed by atoms with Crippen LogP contribution in [0.25, 0.3) is 11.0 Å². The van der Waals surface area contributed by atoms with E-state index in [1.165, 1.54) is 10.9 Å². The zero-order valence-corrected chi connectivity index (χ0v) is 16.1. The normalized spacial score (nSPS) is 17.8. The van der Waals surface area contributed by atoms with Gasteiger partial charge in [0.25, 0.3) is 5.91 Å². The van der Waals surface area contributed by atoms with Crippen LogP contribution in [0.4, 0.5) is 0 Å². The molecule has 146 valence electrons. The highest BCUT2D eigenvalue weighted by Gasteiger charge is 2.31. The van der Waals surface area contributed by atoms with Crippen LogP contribution in [-0.4, -0.2) is 43.0 Å². The first kappa shape index (κ1) is 17.3. The Balaban J connectivity index is 1.36. The molecular weight excluding hydrogens is 354 g/mol. The summed E-state index contributed by atoms with van der Waals surface area (Å²) >= 11 is 0. The molecule has 0 bridgehead atoms. The molecule has 3 aromatic heterocycles. The number of amides is 1. The van der Waals surface area contributed by atoms with E-state index >= 15 is 0 Å². The van der Waals surface area contributed by atoms with Gasteiger partial charge < -0.3 is 9.88 Å². The lowest BCUT2D eigenvalue weighted by atomic mass is 9.89. The molecule has 2 aliphatic rings. The molecule has 2 aliphatic heterocycles. The maximum atomic E-state index is 13.2. The van der Waals surface area contributed by atoms with Gasteiger partial charge in [0.1, 0.15) is 11.3 Å². The van der Waals surface area contributed by atoms with Crippen molar-refractivity contribution in [2.45, 2.75) is 44.6 Å². The predicted octanol–water partition coefficient (Wildman–Crippen LogP) is 2.42. The van der Waals surface area contributed by atoms with Crippen molar-refractivity contribution in [2.75, 3.05) is 13.1 Å². The molecule has 3 aromatic rings. The Morgan fingerprint density at radius 2 is 2.04 bits per heavy atom. The van der Waals surface area contributed by atoms with Gasteiger partial charge in [-0.25, -0.2) is 9.78 Å². The number of nitrogens with one attached hydrogen (secondary N) is 1. The summed E-state index contributed by atoms with van der Waals surface area (Å²) in [7, 11) is 1.73. The van der Waals surface area contributed by atoms with Crippen LogP contribution >= 0.6 is 0 Å². The third-order valence-electron chi connectivity index (χ3n) is 6.41. The number of aromatic amines is 1. The van der Waals surface area contributed by atoms with E-state index in [9.17, 15) is 9.59 Å². The maximum absolute atomic E-state index is 13.2. The lowest BCUT2D eigenvalue weighted by molar-refractivity contribution is 0.0701. The van der Waals surface area contributed by atoms with Gasteiger partial charge in [-0.3, -0.25) is 13.9 Å². The summed E-state index contributed by atoms with van der Waals surface area (Å²) in [4.78, 5) is 35.3. The Bertz CT molecular complexity index is 1100. The molecule has 1 saturated heterocycles. The maximum Gasteiger partial charge on any atom is 0.328 e. The largest absolute Gasteiger partial charge is 0.346 e. The Kier molecular flexibility index (Phi) is 4.10. The zero-order valence-electron chi connectivity index (χ0n) is 16.1. The van der Waals surface area contributed by atoms with Crippen molar-refractivity contribution in [1.29, 1.82) is 0 Å². The van der Waals surface area contributed by atoms with Crippen molar-refractivity contribution >= 4 is 16.9 Å². The van der Waals surface area contributed by atoms with Crippen LogP contribution in [0.3, 0.4) is 0 Å². The van der Waals surface area contributed by atoms with Gasteiger partial charge in [0.2, 0.25) is 0 Å². The number of likely N-dealkylation sites (tertiary alicyclic amines) is 1. The minimum Gasteiger partial charge on any atom is -0.346 e. The molecule has 0 aromatic carbocycles. The Morgan fingerprint density at radius 1 is 1.21 bits per heavy atom. The lowest BCUT2D eigenvalue weighted by Gasteiger charge is -2.32. The lowest BCUT2D eigenvalue weighted by Crippen LogP contribution is -2.39. The summed E-state index contributed by atoms with van der Waals surface area (Å²) in [6.07, 6.45) is 8.58. The van der Waals surface area contributed by atoms with Gasteiger partial charge in [-0.1, -0.05) is 0 Å². The zero-order chi connectivity index (χ0) is 19.3. The summed E-state index contributed by atoms with van der Waals surface area (Å²) in [5.74, 6) is 0.433. The molecule has 1 N–H and O–H groups in total. The average molecular weight is 379 g/mol. The van der Waals surface area contributed by atoms with Gasteiger partial charge >= 0.3 is 5.69 Å². The average Bonchev–Trinajstić information content (AvgIpc) is 3.28. The number of piperidine rings is 1. The van der Waals surface area contributed by atoms with E-state index in [1.807, 2.05) is 11.0 Å². The van der Waals surface area contributed by atoms with Crippen LogP contribution in [0.1, 0.15) is 53.3 Å². The van der Waals surface area contributed by atoms with Gasteiger partial charge in [-0.2, -0.15) is 0 Å². The third-order valence-corrected chi connectivity index (χ3v) is 6.41. The molecule has 7 nitrogen and oxygen atoms in total. The molecule has 0 radical (unpaired) electrons. The summed E-state index contributed by atoms with van der Waals surface area (Å²) in [6, 6.07) is 4.07. The van der Waals surface area contributed by atoms with Crippen LogP contribution in [0.5, 0.6) is 0 Å². The standard InChI is InChI=1S/C21H25N5O2/c1-24-18(17-6-2-3-10-26(17)21(24)28)20(27)25-11-7-14(8-12-25)16-13-23-19-15(16)5-4-9-22-19/h4-5,9,13-14H,2-3,6-8,10-12H2,1H3,(H,22,23). The van der Waals surface area contributed by atoms with Gasteiger partial charge in [-0.15, -0.1) is 0 Å². The van der Waals surface area contributed by atoms with E-state index in [-0.39, 0.29) is 11.6 Å². The van der Waals surface area contributed by atoms with Crippen LogP contribution in [0.2, 0.25) is 0 Å². The SMILES string of the molecule is Cn1c(C(=O)N2CCC(c3c[nH]c4ncccc34)CC2)c2n(c1=O)CCCC2. The molecular formula is C21H25N5O2. The van der Waals surface area contributed by atoms with E-state index in [2.05, 4.69) is 22.2 Å². The van der Waals surface area contributed by atoms with Crippen molar-refractivity contribution < 1.29 is 4.79 Å². The second-order valence-corrected chi connectivity index (χ2v) is 7.96. The van der Waals surface area contributed by atoms with E-state index in [0.717, 1.165) is 63.1 Å². The molecule has 5 heterocycles. The fourth-order valence-electron chi connectivity index (χ4n) is 4.89. The quantitative estimate of drug-likeness (QED) is 0.743. The number of nitrogens with zero attached hydrogens (tertiary/aromatic N) is 4. The molecule has 0 unspecified atom stereocenters.